The summed E-state index contributed by atoms with van der Waals surface area (Å²) in [5, 5.41) is 4.06. The molecule has 0 unspecified atom stereocenters. The van der Waals surface area contributed by atoms with Gasteiger partial charge in [0.15, 0.2) is 0 Å². The lowest BCUT2D eigenvalue weighted by Gasteiger charge is -2.12. The Bertz CT molecular complexity index is 615. The number of nitrogens with one attached hydrogen (secondary N) is 1. The lowest BCUT2D eigenvalue weighted by atomic mass is 10.1. The van der Waals surface area contributed by atoms with Crippen LogP contribution in [-0.2, 0) is 4.74 Å². The summed E-state index contributed by atoms with van der Waals surface area (Å²) in [5.41, 5.74) is 4.50. The molecule has 1 aromatic heterocycles. The van der Waals surface area contributed by atoms with E-state index in [0.29, 0.717) is 17.9 Å². The van der Waals surface area contributed by atoms with Gasteiger partial charge in [-0.15, -0.1) is 0 Å². The molecule has 0 aliphatic heterocycles. The number of hydrogen-bond donors (Lipinski definition) is 1. The van der Waals surface area contributed by atoms with Crippen molar-refractivity contribution in [1.29, 1.82) is 0 Å². The van der Waals surface area contributed by atoms with Crippen molar-refractivity contribution in [3.63, 3.8) is 0 Å². The summed E-state index contributed by atoms with van der Waals surface area (Å²) < 4.78 is 9.35. The second-order valence-electron chi connectivity index (χ2n) is 4.58. The predicted octanol–water partition coefficient (Wildman–Crippen LogP) is 3.99. The first kappa shape index (κ1) is 14.5. The van der Waals surface area contributed by atoms with Gasteiger partial charge in [-0.05, 0) is 50.4 Å². The summed E-state index contributed by atoms with van der Waals surface area (Å²) in [5.74, 6) is -0.326. The zero-order chi connectivity index (χ0) is 14.7. The van der Waals surface area contributed by atoms with Crippen molar-refractivity contribution in [2.24, 2.45) is 0 Å². The zero-order valence-electron chi connectivity index (χ0n) is 12.1. The smallest absolute Gasteiger partial charge is 0.343 e. The Morgan fingerprint density at radius 2 is 1.95 bits per heavy atom. The Labute approximate surface area is 123 Å². The number of carbonyl (C=O) groups excluding carboxylic acids is 1. The maximum atomic E-state index is 12.0. The monoisotopic (exact) mass is 290 g/mol. The van der Waals surface area contributed by atoms with E-state index in [1.165, 1.54) is 11.5 Å². The van der Waals surface area contributed by atoms with E-state index in [2.05, 4.69) is 9.69 Å². The van der Waals surface area contributed by atoms with E-state index < -0.39 is 0 Å². The Balaban J connectivity index is 2.38. The fraction of sp³-hybridized carbons (Fsp3) is 0.333. The van der Waals surface area contributed by atoms with Crippen LogP contribution in [0.1, 0.15) is 34.1 Å². The van der Waals surface area contributed by atoms with Crippen molar-refractivity contribution in [3.8, 4) is 0 Å². The van der Waals surface area contributed by atoms with Gasteiger partial charge in [0.2, 0.25) is 0 Å². The fourth-order valence-corrected chi connectivity index (χ4v) is 2.81. The molecule has 20 heavy (non-hydrogen) atoms. The third-order valence-corrected chi connectivity index (χ3v) is 3.92. The molecule has 5 heteroatoms. The number of aromatic nitrogens is 1. The Morgan fingerprint density at radius 1 is 1.30 bits per heavy atom. The highest BCUT2D eigenvalue weighted by Gasteiger charge is 2.20. The maximum Gasteiger partial charge on any atom is 0.343 e. The molecule has 0 aliphatic carbocycles. The van der Waals surface area contributed by atoms with Gasteiger partial charge in [-0.2, -0.15) is 4.37 Å². The van der Waals surface area contributed by atoms with Crippen LogP contribution in [-0.4, -0.2) is 16.9 Å². The number of aryl methyl sites for hydroxylation is 3. The minimum Gasteiger partial charge on any atom is -0.462 e. The van der Waals surface area contributed by atoms with Gasteiger partial charge in [0.25, 0.3) is 0 Å². The molecule has 4 nitrogen and oxygen atoms in total. The van der Waals surface area contributed by atoms with Crippen molar-refractivity contribution >= 4 is 28.2 Å². The Morgan fingerprint density at radius 3 is 2.55 bits per heavy atom. The quantitative estimate of drug-likeness (QED) is 0.865. The number of para-hydroxylation sites is 1. The number of anilines is 2. The average Bonchev–Trinajstić information content (AvgIpc) is 2.75. The van der Waals surface area contributed by atoms with E-state index >= 15 is 0 Å². The van der Waals surface area contributed by atoms with Crippen LogP contribution in [0.2, 0.25) is 0 Å². The summed E-state index contributed by atoms with van der Waals surface area (Å²) in [4.78, 5) is 12.0. The van der Waals surface area contributed by atoms with Crippen LogP contribution in [0.5, 0.6) is 0 Å². The number of esters is 1. The minimum atomic E-state index is -0.326. The van der Waals surface area contributed by atoms with Gasteiger partial charge in [0.05, 0.1) is 12.3 Å². The lowest BCUT2D eigenvalue weighted by molar-refractivity contribution is 0.0527. The Hall–Kier alpha value is -1.88. The summed E-state index contributed by atoms with van der Waals surface area (Å²) in [6, 6.07) is 6.08. The lowest BCUT2D eigenvalue weighted by Crippen LogP contribution is -2.08. The summed E-state index contributed by atoms with van der Waals surface area (Å²) >= 11 is 1.28. The highest BCUT2D eigenvalue weighted by atomic mass is 32.1. The number of benzene rings is 1. The van der Waals surface area contributed by atoms with Crippen LogP contribution < -0.4 is 5.32 Å². The fourth-order valence-electron chi connectivity index (χ4n) is 2.02. The maximum absolute atomic E-state index is 12.0. The molecule has 0 saturated carbocycles. The zero-order valence-corrected chi connectivity index (χ0v) is 12.9. The van der Waals surface area contributed by atoms with Gasteiger partial charge >= 0.3 is 5.97 Å². The van der Waals surface area contributed by atoms with E-state index in [1.807, 2.05) is 39.0 Å². The van der Waals surface area contributed by atoms with E-state index in [1.54, 1.807) is 6.92 Å². The highest BCUT2D eigenvalue weighted by Crippen LogP contribution is 2.31. The first-order chi connectivity index (χ1) is 9.54. The molecule has 1 heterocycles. The van der Waals surface area contributed by atoms with E-state index in [0.717, 1.165) is 21.8 Å². The third-order valence-electron chi connectivity index (χ3n) is 3.06. The van der Waals surface area contributed by atoms with Crippen molar-refractivity contribution in [1.82, 2.24) is 4.37 Å². The summed E-state index contributed by atoms with van der Waals surface area (Å²) in [6.07, 6.45) is 0. The number of nitrogens with zero attached hydrogens (tertiary/aromatic N) is 1. The second kappa shape index (κ2) is 6.05. The first-order valence-corrected chi connectivity index (χ1v) is 7.28. The van der Waals surface area contributed by atoms with E-state index in [4.69, 9.17) is 4.74 Å². The third kappa shape index (κ3) is 2.82. The highest BCUT2D eigenvalue weighted by molar-refractivity contribution is 7.10. The van der Waals surface area contributed by atoms with Gasteiger partial charge in [0.1, 0.15) is 10.6 Å². The molecule has 0 saturated heterocycles. The van der Waals surface area contributed by atoms with E-state index in [9.17, 15) is 4.79 Å². The van der Waals surface area contributed by atoms with Gasteiger partial charge in [-0.1, -0.05) is 18.2 Å². The SMILES string of the molecule is CCOC(=O)c1c(C)nsc1Nc1c(C)cccc1C. The van der Waals surface area contributed by atoms with Crippen molar-refractivity contribution in [2.45, 2.75) is 27.7 Å². The topological polar surface area (TPSA) is 51.2 Å². The van der Waals surface area contributed by atoms with Gasteiger partial charge in [-0.3, -0.25) is 0 Å². The molecule has 0 bridgehead atoms. The summed E-state index contributed by atoms with van der Waals surface area (Å²) in [6.45, 7) is 8.04. The van der Waals surface area contributed by atoms with Gasteiger partial charge in [-0.25, -0.2) is 4.79 Å². The van der Waals surface area contributed by atoms with Crippen LogP contribution in [0.3, 0.4) is 0 Å². The molecular weight excluding hydrogens is 272 g/mol. The normalized spacial score (nSPS) is 10.4. The molecule has 0 fully saturated rings. The number of rotatable bonds is 4. The van der Waals surface area contributed by atoms with Crippen molar-refractivity contribution in [2.75, 3.05) is 11.9 Å². The van der Waals surface area contributed by atoms with Crippen LogP contribution in [0, 0.1) is 20.8 Å². The van der Waals surface area contributed by atoms with Crippen molar-refractivity contribution < 1.29 is 9.53 Å². The molecular formula is C15H18N2O2S. The average molecular weight is 290 g/mol. The van der Waals surface area contributed by atoms with Crippen LogP contribution in [0.25, 0.3) is 0 Å². The Kier molecular flexibility index (Phi) is 4.39. The van der Waals surface area contributed by atoms with Gasteiger partial charge in [0, 0.05) is 5.69 Å². The second-order valence-corrected chi connectivity index (χ2v) is 5.36. The summed E-state index contributed by atoms with van der Waals surface area (Å²) in [7, 11) is 0. The predicted molar refractivity (Wildman–Crippen MR) is 82.0 cm³/mol. The number of hydrogen-bond acceptors (Lipinski definition) is 5. The van der Waals surface area contributed by atoms with E-state index in [-0.39, 0.29) is 5.97 Å². The largest absolute Gasteiger partial charge is 0.462 e. The standard InChI is InChI=1S/C15H18N2O2S/c1-5-19-15(18)12-11(4)17-20-14(12)16-13-9(2)7-6-8-10(13)3/h6-8,16H,5H2,1-4H3. The molecule has 0 aliphatic rings. The van der Waals surface area contributed by atoms with Gasteiger partial charge < -0.3 is 10.1 Å². The minimum absolute atomic E-state index is 0.326. The molecule has 1 N–H and O–H groups in total. The molecule has 0 spiro atoms. The molecule has 1 aromatic carbocycles. The molecule has 2 aromatic rings. The molecule has 0 radical (unpaired) electrons. The van der Waals surface area contributed by atoms with Crippen molar-refractivity contribution in [3.05, 3.63) is 40.6 Å². The molecule has 0 atom stereocenters. The first-order valence-electron chi connectivity index (χ1n) is 6.51. The van der Waals surface area contributed by atoms with Crippen LogP contribution in [0.15, 0.2) is 18.2 Å². The number of ether oxygens (including phenoxy) is 1. The molecule has 0 amide bonds. The molecule has 2 rings (SSSR count). The van der Waals surface area contributed by atoms with Crippen LogP contribution in [0.4, 0.5) is 10.7 Å². The molecule has 106 valence electrons. The van der Waals surface area contributed by atoms with Crippen LogP contribution >= 0.6 is 11.5 Å². The number of carbonyl (C=O) groups is 1.